The number of ether oxygens (including phenoxy) is 2. The Balaban J connectivity index is 1.70. The number of rotatable bonds is 2. The van der Waals surface area contributed by atoms with Crippen molar-refractivity contribution >= 4 is 11.6 Å². The van der Waals surface area contributed by atoms with Crippen LogP contribution >= 0.6 is 0 Å². The van der Waals surface area contributed by atoms with Crippen LogP contribution in [0.5, 0.6) is 11.5 Å². The van der Waals surface area contributed by atoms with Crippen molar-refractivity contribution in [3.8, 4) is 11.5 Å². The molecule has 96 valence electrons. The molecule has 3 rings (SSSR count). The minimum absolute atomic E-state index is 0.0664. The van der Waals surface area contributed by atoms with E-state index in [1.807, 2.05) is 18.2 Å². The van der Waals surface area contributed by atoms with E-state index in [4.69, 9.17) is 9.47 Å². The van der Waals surface area contributed by atoms with Gasteiger partial charge in [0.05, 0.1) is 5.92 Å². The third-order valence-electron chi connectivity index (χ3n) is 3.24. The molecule has 1 atom stereocenters. The van der Waals surface area contributed by atoms with Gasteiger partial charge < -0.3 is 20.1 Å². The Kier molecular flexibility index (Phi) is 3.06. The first-order valence-corrected chi connectivity index (χ1v) is 6.24. The van der Waals surface area contributed by atoms with Gasteiger partial charge in [-0.3, -0.25) is 4.79 Å². The van der Waals surface area contributed by atoms with Crippen LogP contribution in [0.15, 0.2) is 18.2 Å². The van der Waals surface area contributed by atoms with Gasteiger partial charge >= 0.3 is 0 Å². The lowest BCUT2D eigenvalue weighted by Crippen LogP contribution is -2.24. The second kappa shape index (κ2) is 4.86. The maximum absolute atomic E-state index is 12.0. The van der Waals surface area contributed by atoms with Gasteiger partial charge in [-0.15, -0.1) is 0 Å². The lowest BCUT2D eigenvalue weighted by Gasteiger charge is -2.19. The third kappa shape index (κ3) is 2.26. The minimum Gasteiger partial charge on any atom is -0.486 e. The van der Waals surface area contributed by atoms with Gasteiger partial charge in [0.2, 0.25) is 5.91 Å². The fourth-order valence-electron chi connectivity index (χ4n) is 2.24. The highest BCUT2D eigenvalue weighted by Crippen LogP contribution is 2.32. The van der Waals surface area contributed by atoms with Crippen molar-refractivity contribution < 1.29 is 14.3 Å². The number of anilines is 1. The summed E-state index contributed by atoms with van der Waals surface area (Å²) in [4.78, 5) is 12.0. The molecule has 0 radical (unpaired) electrons. The summed E-state index contributed by atoms with van der Waals surface area (Å²) < 4.78 is 10.9. The average Bonchev–Trinajstić information content (AvgIpc) is 2.92. The molecular formula is C13H16N2O3. The Morgan fingerprint density at radius 2 is 2.11 bits per heavy atom. The Morgan fingerprint density at radius 1 is 1.28 bits per heavy atom. The molecule has 2 aliphatic heterocycles. The highest BCUT2D eigenvalue weighted by atomic mass is 16.6. The second-order valence-corrected chi connectivity index (χ2v) is 4.54. The number of carbonyl (C=O) groups excluding carboxylic acids is 1. The smallest absolute Gasteiger partial charge is 0.228 e. The Bertz CT molecular complexity index is 456. The van der Waals surface area contributed by atoms with Crippen molar-refractivity contribution in [2.45, 2.75) is 6.42 Å². The number of fused-ring (bicyclic) bond motifs is 1. The van der Waals surface area contributed by atoms with Crippen LogP contribution in [0.1, 0.15) is 6.42 Å². The normalized spacial score (nSPS) is 21.7. The molecule has 0 spiro atoms. The maximum Gasteiger partial charge on any atom is 0.228 e. The van der Waals surface area contributed by atoms with Crippen LogP contribution in [0.3, 0.4) is 0 Å². The molecule has 0 bridgehead atoms. The quantitative estimate of drug-likeness (QED) is 0.820. The summed E-state index contributed by atoms with van der Waals surface area (Å²) in [6.45, 7) is 2.80. The molecule has 1 aromatic rings. The first-order valence-electron chi connectivity index (χ1n) is 6.24. The fourth-order valence-corrected chi connectivity index (χ4v) is 2.24. The monoisotopic (exact) mass is 248 g/mol. The van der Waals surface area contributed by atoms with Crippen molar-refractivity contribution in [2.75, 3.05) is 31.6 Å². The molecule has 0 saturated carbocycles. The predicted octanol–water partition coefficient (Wildman–Crippen LogP) is 1.01. The lowest BCUT2D eigenvalue weighted by atomic mass is 10.1. The summed E-state index contributed by atoms with van der Waals surface area (Å²) in [6.07, 6.45) is 0.899. The molecule has 1 unspecified atom stereocenters. The summed E-state index contributed by atoms with van der Waals surface area (Å²) >= 11 is 0. The Hall–Kier alpha value is -1.75. The van der Waals surface area contributed by atoms with Crippen LogP contribution in [-0.4, -0.2) is 32.2 Å². The SMILES string of the molecule is O=C(Nc1ccc2c(c1)OCCO2)C1CCNC1. The minimum atomic E-state index is 0.0664. The van der Waals surface area contributed by atoms with E-state index >= 15 is 0 Å². The van der Waals surface area contributed by atoms with Gasteiger partial charge in [0.25, 0.3) is 0 Å². The molecule has 2 heterocycles. The van der Waals surface area contributed by atoms with Crippen molar-refractivity contribution in [1.82, 2.24) is 5.32 Å². The summed E-state index contributed by atoms with van der Waals surface area (Å²) in [7, 11) is 0. The predicted molar refractivity (Wildman–Crippen MR) is 67.0 cm³/mol. The number of hydrogen-bond acceptors (Lipinski definition) is 4. The summed E-state index contributed by atoms with van der Waals surface area (Å²) in [5, 5.41) is 6.10. The zero-order valence-electron chi connectivity index (χ0n) is 10.1. The van der Waals surface area contributed by atoms with Crippen molar-refractivity contribution in [3.63, 3.8) is 0 Å². The fraction of sp³-hybridized carbons (Fsp3) is 0.462. The van der Waals surface area contributed by atoms with Crippen LogP contribution in [0.2, 0.25) is 0 Å². The number of hydrogen-bond donors (Lipinski definition) is 2. The topological polar surface area (TPSA) is 59.6 Å². The van der Waals surface area contributed by atoms with Crippen molar-refractivity contribution in [1.29, 1.82) is 0 Å². The lowest BCUT2D eigenvalue weighted by molar-refractivity contribution is -0.119. The van der Waals surface area contributed by atoms with Crippen LogP contribution in [0.25, 0.3) is 0 Å². The van der Waals surface area contributed by atoms with Gasteiger partial charge in [0, 0.05) is 18.3 Å². The van der Waals surface area contributed by atoms with E-state index in [1.165, 1.54) is 0 Å². The van der Waals surface area contributed by atoms with Gasteiger partial charge in [-0.2, -0.15) is 0 Å². The molecule has 5 heteroatoms. The molecule has 1 fully saturated rings. The highest BCUT2D eigenvalue weighted by Gasteiger charge is 2.22. The van der Waals surface area contributed by atoms with E-state index in [9.17, 15) is 4.79 Å². The number of benzene rings is 1. The Morgan fingerprint density at radius 3 is 2.89 bits per heavy atom. The van der Waals surface area contributed by atoms with Crippen LogP contribution in [0, 0.1) is 5.92 Å². The molecule has 18 heavy (non-hydrogen) atoms. The molecule has 0 aromatic heterocycles. The van der Waals surface area contributed by atoms with E-state index < -0.39 is 0 Å². The van der Waals surface area contributed by atoms with E-state index in [0.29, 0.717) is 19.0 Å². The first-order chi connectivity index (χ1) is 8.83. The van der Waals surface area contributed by atoms with Gasteiger partial charge in [-0.25, -0.2) is 0 Å². The second-order valence-electron chi connectivity index (χ2n) is 4.54. The number of nitrogens with one attached hydrogen (secondary N) is 2. The molecule has 1 saturated heterocycles. The molecular weight excluding hydrogens is 232 g/mol. The number of amides is 1. The maximum atomic E-state index is 12.0. The van der Waals surface area contributed by atoms with Gasteiger partial charge in [0.15, 0.2) is 11.5 Å². The third-order valence-corrected chi connectivity index (χ3v) is 3.24. The van der Waals surface area contributed by atoms with Crippen LogP contribution in [0.4, 0.5) is 5.69 Å². The molecule has 2 aliphatic rings. The van der Waals surface area contributed by atoms with Crippen LogP contribution in [-0.2, 0) is 4.79 Å². The highest BCUT2D eigenvalue weighted by molar-refractivity contribution is 5.93. The molecule has 1 aromatic carbocycles. The summed E-state index contributed by atoms with van der Waals surface area (Å²) in [5.74, 6) is 1.57. The summed E-state index contributed by atoms with van der Waals surface area (Å²) in [6, 6.07) is 5.49. The van der Waals surface area contributed by atoms with Crippen molar-refractivity contribution in [2.24, 2.45) is 5.92 Å². The van der Waals surface area contributed by atoms with E-state index in [-0.39, 0.29) is 11.8 Å². The first kappa shape index (κ1) is 11.3. The van der Waals surface area contributed by atoms with Crippen molar-refractivity contribution in [3.05, 3.63) is 18.2 Å². The standard InChI is InChI=1S/C13H16N2O3/c16-13(9-3-4-14-8-9)15-10-1-2-11-12(7-10)18-6-5-17-11/h1-2,7,9,14H,3-6,8H2,(H,15,16). The van der Waals surface area contributed by atoms with E-state index in [1.54, 1.807) is 0 Å². The largest absolute Gasteiger partial charge is 0.486 e. The number of carbonyl (C=O) groups is 1. The Labute approximate surface area is 105 Å². The average molecular weight is 248 g/mol. The van der Waals surface area contributed by atoms with Crippen LogP contribution < -0.4 is 20.1 Å². The van der Waals surface area contributed by atoms with Gasteiger partial charge in [0.1, 0.15) is 13.2 Å². The molecule has 5 nitrogen and oxygen atoms in total. The van der Waals surface area contributed by atoms with Gasteiger partial charge in [-0.1, -0.05) is 0 Å². The summed E-state index contributed by atoms with van der Waals surface area (Å²) in [5.41, 5.74) is 0.760. The van der Waals surface area contributed by atoms with Gasteiger partial charge in [-0.05, 0) is 25.1 Å². The van der Waals surface area contributed by atoms with E-state index in [0.717, 1.165) is 30.9 Å². The molecule has 0 aliphatic carbocycles. The van der Waals surface area contributed by atoms with E-state index in [2.05, 4.69) is 10.6 Å². The zero-order valence-corrected chi connectivity index (χ0v) is 10.1. The molecule has 2 N–H and O–H groups in total. The zero-order chi connectivity index (χ0) is 12.4. The molecule has 1 amide bonds.